The van der Waals surface area contributed by atoms with E-state index in [0.29, 0.717) is 0 Å². The molecule has 0 bridgehead atoms. The summed E-state index contributed by atoms with van der Waals surface area (Å²) in [5.74, 6) is 1.47. The summed E-state index contributed by atoms with van der Waals surface area (Å²) in [5.41, 5.74) is 7.00. The molecule has 1 heterocycles. The molecule has 0 N–H and O–H groups in total. The van der Waals surface area contributed by atoms with Gasteiger partial charge in [-0.05, 0) is 83.2 Å². The van der Waals surface area contributed by atoms with Gasteiger partial charge in [-0.3, -0.25) is 4.58 Å². The van der Waals surface area contributed by atoms with E-state index in [1.54, 1.807) is 0 Å². The average Bonchev–Trinajstić information content (AvgIpc) is 3.01. The Morgan fingerprint density at radius 2 is 1.53 bits per heavy atom. The number of amidine groups is 1. The lowest BCUT2D eigenvalue weighted by atomic mass is 9.78. The van der Waals surface area contributed by atoms with E-state index in [4.69, 9.17) is 0 Å². The van der Waals surface area contributed by atoms with Gasteiger partial charge >= 0.3 is 0 Å². The first-order chi connectivity index (χ1) is 14.7. The van der Waals surface area contributed by atoms with Crippen molar-refractivity contribution in [1.29, 1.82) is 0 Å². The molecule has 2 aliphatic rings. The van der Waals surface area contributed by atoms with Gasteiger partial charge in [-0.25, -0.2) is 4.90 Å². The standard InChI is InChI=1S/C28H39N2/c1-17(2)26-29(18(3)4)27(9)16-23-13-11-12-14-24(23)28(27,10)30(26)25-21(7)19(5)15-20(6)22(25)8/h11-15,17-18H,16H2,1-10H3/q+1/t27-,28+/m1/s1/i16D2. The van der Waals surface area contributed by atoms with Crippen LogP contribution in [0.2, 0.25) is 0 Å². The molecule has 2 nitrogen and oxygen atoms in total. The molecule has 0 amide bonds. The number of hydrogen-bond acceptors (Lipinski definition) is 1. The molecule has 0 saturated heterocycles. The molecule has 0 unspecified atom stereocenters. The molecular weight excluding hydrogens is 364 g/mol. The maximum absolute atomic E-state index is 9.50. The molecule has 2 aromatic carbocycles. The Morgan fingerprint density at radius 1 is 0.967 bits per heavy atom. The van der Waals surface area contributed by atoms with Crippen molar-refractivity contribution in [3.63, 3.8) is 0 Å². The lowest BCUT2D eigenvalue weighted by Gasteiger charge is -2.38. The lowest BCUT2D eigenvalue weighted by Crippen LogP contribution is -2.55. The highest BCUT2D eigenvalue weighted by molar-refractivity contribution is 6.01. The third-order valence-corrected chi connectivity index (χ3v) is 7.77. The number of anilines is 1. The molecule has 1 aliphatic heterocycles. The van der Waals surface area contributed by atoms with Crippen molar-refractivity contribution in [2.45, 2.75) is 92.7 Å². The van der Waals surface area contributed by atoms with Crippen molar-refractivity contribution in [2.24, 2.45) is 5.92 Å². The highest BCUT2D eigenvalue weighted by atomic mass is 15.4. The number of rotatable bonds is 3. The fraction of sp³-hybridized carbons (Fsp3) is 0.536. The van der Waals surface area contributed by atoms with E-state index in [2.05, 4.69) is 96.9 Å². The van der Waals surface area contributed by atoms with E-state index in [1.165, 1.54) is 33.8 Å². The number of fused-ring (bicyclic) bond motifs is 3. The van der Waals surface area contributed by atoms with Crippen LogP contribution < -0.4 is 4.90 Å². The van der Waals surface area contributed by atoms with Gasteiger partial charge in [0.05, 0.1) is 12.0 Å². The predicted molar refractivity (Wildman–Crippen MR) is 129 cm³/mol. The van der Waals surface area contributed by atoms with Crippen LogP contribution in [0.5, 0.6) is 0 Å². The van der Waals surface area contributed by atoms with Crippen LogP contribution in [0.4, 0.5) is 5.69 Å². The fourth-order valence-electron chi connectivity index (χ4n) is 6.05. The van der Waals surface area contributed by atoms with Crippen molar-refractivity contribution in [3.05, 3.63) is 63.7 Å². The Balaban J connectivity index is 2.23. The van der Waals surface area contributed by atoms with Gasteiger partial charge in [0.2, 0.25) is 0 Å². The number of nitrogens with zero attached hydrogens (tertiary/aromatic N) is 2. The van der Waals surface area contributed by atoms with Crippen LogP contribution in [0, 0.1) is 33.6 Å². The zero-order valence-corrected chi connectivity index (χ0v) is 20.4. The summed E-state index contributed by atoms with van der Waals surface area (Å²) in [6.07, 6.45) is -1.50. The minimum Gasteiger partial charge on any atom is -0.253 e. The first-order valence-electron chi connectivity index (χ1n) is 12.4. The molecule has 2 heteroatoms. The first kappa shape index (κ1) is 18.7. The molecule has 0 spiro atoms. The molecule has 160 valence electrons. The van der Waals surface area contributed by atoms with Crippen LogP contribution in [0.1, 0.15) is 77.7 Å². The molecule has 30 heavy (non-hydrogen) atoms. The summed E-state index contributed by atoms with van der Waals surface area (Å²) in [4.78, 5) is 2.53. The quantitative estimate of drug-likeness (QED) is 0.532. The van der Waals surface area contributed by atoms with Crippen molar-refractivity contribution < 1.29 is 7.32 Å². The number of benzene rings is 2. The van der Waals surface area contributed by atoms with Crippen LogP contribution in [-0.2, 0) is 11.9 Å². The number of hydrogen-bond donors (Lipinski definition) is 0. The van der Waals surface area contributed by atoms with Crippen LogP contribution in [-0.4, -0.2) is 22.0 Å². The summed E-state index contributed by atoms with van der Waals surface area (Å²) in [5, 5.41) is 0. The van der Waals surface area contributed by atoms with Gasteiger partial charge in [-0.1, -0.05) is 44.2 Å². The van der Waals surface area contributed by atoms with Gasteiger partial charge in [0.1, 0.15) is 5.69 Å². The second kappa shape index (κ2) is 6.70. The molecule has 0 fully saturated rings. The Bertz CT molecular complexity index is 1120. The summed E-state index contributed by atoms with van der Waals surface area (Å²) in [6, 6.07) is 10.6. The molecule has 4 rings (SSSR count). The van der Waals surface area contributed by atoms with E-state index >= 15 is 0 Å². The molecule has 2 aromatic rings. The third-order valence-electron chi connectivity index (χ3n) is 7.77. The highest BCUT2D eigenvalue weighted by Gasteiger charge is 2.70. The van der Waals surface area contributed by atoms with Crippen molar-refractivity contribution in [3.8, 4) is 0 Å². The normalized spacial score (nSPS) is 28.2. The minimum absolute atomic E-state index is 0.164. The van der Waals surface area contributed by atoms with E-state index in [0.717, 1.165) is 11.1 Å². The predicted octanol–water partition coefficient (Wildman–Crippen LogP) is 6.45. The SMILES string of the molecule is [2H]C1([2H])c2ccccc2[C@]2(C)N(c3c(C)c(C)cc(C)c3C)C(C(C)C)=[N+](C(C)C)[C@]12C. The van der Waals surface area contributed by atoms with Gasteiger partial charge in [0, 0.05) is 14.7 Å². The molecule has 2 atom stereocenters. The zero-order valence-electron chi connectivity index (χ0n) is 22.4. The zero-order chi connectivity index (χ0) is 24.0. The summed E-state index contributed by atoms with van der Waals surface area (Å²) in [6.45, 7) is 22.2. The summed E-state index contributed by atoms with van der Waals surface area (Å²) < 4.78 is 21.4. The Kier molecular flexibility index (Phi) is 4.17. The second-order valence-corrected chi connectivity index (χ2v) is 10.2. The van der Waals surface area contributed by atoms with Crippen LogP contribution in [0.3, 0.4) is 0 Å². The van der Waals surface area contributed by atoms with Crippen LogP contribution in [0.15, 0.2) is 30.3 Å². The van der Waals surface area contributed by atoms with E-state index in [9.17, 15) is 2.74 Å². The molecule has 0 saturated carbocycles. The van der Waals surface area contributed by atoms with Crippen molar-refractivity contribution in [1.82, 2.24) is 0 Å². The third kappa shape index (κ3) is 2.46. The van der Waals surface area contributed by atoms with E-state index < -0.39 is 17.5 Å². The van der Waals surface area contributed by atoms with Crippen LogP contribution >= 0.6 is 0 Å². The minimum atomic E-state index is -1.50. The maximum atomic E-state index is 9.50. The van der Waals surface area contributed by atoms with Crippen molar-refractivity contribution >= 4 is 11.5 Å². The number of aryl methyl sites for hydroxylation is 2. The Labute approximate surface area is 186 Å². The maximum Gasteiger partial charge on any atom is 0.256 e. The summed E-state index contributed by atoms with van der Waals surface area (Å²) in [7, 11) is 0. The molecule has 1 aliphatic carbocycles. The molecule has 0 aromatic heterocycles. The Morgan fingerprint density at radius 3 is 2.07 bits per heavy atom. The molecule has 0 radical (unpaired) electrons. The van der Waals surface area contributed by atoms with Gasteiger partial charge in [-0.15, -0.1) is 0 Å². The van der Waals surface area contributed by atoms with E-state index in [1.807, 2.05) is 12.1 Å². The van der Waals surface area contributed by atoms with Gasteiger partial charge < -0.3 is 0 Å². The Hall–Kier alpha value is -2.09. The summed E-state index contributed by atoms with van der Waals surface area (Å²) >= 11 is 0. The topological polar surface area (TPSA) is 6.25 Å². The van der Waals surface area contributed by atoms with Crippen LogP contribution in [0.25, 0.3) is 0 Å². The monoisotopic (exact) mass is 405 g/mol. The second-order valence-electron chi connectivity index (χ2n) is 10.2. The van der Waals surface area contributed by atoms with Gasteiger partial charge in [0.15, 0.2) is 11.1 Å². The van der Waals surface area contributed by atoms with Gasteiger partial charge in [0.25, 0.3) is 5.84 Å². The highest BCUT2D eigenvalue weighted by Crippen LogP contribution is 2.57. The van der Waals surface area contributed by atoms with Gasteiger partial charge in [-0.2, -0.15) is 0 Å². The van der Waals surface area contributed by atoms with E-state index in [-0.39, 0.29) is 12.0 Å². The average molecular weight is 406 g/mol. The lowest BCUT2D eigenvalue weighted by molar-refractivity contribution is -0.631. The molecular formula is C28H39N2+. The van der Waals surface area contributed by atoms with Crippen molar-refractivity contribution in [2.75, 3.05) is 4.90 Å². The first-order valence-corrected chi connectivity index (χ1v) is 11.4. The smallest absolute Gasteiger partial charge is 0.253 e. The fourth-order valence-corrected chi connectivity index (χ4v) is 6.05. The largest absolute Gasteiger partial charge is 0.256 e.